The quantitative estimate of drug-likeness (QED) is 0.456. The Balaban J connectivity index is 1.53. The molecule has 31 heavy (non-hydrogen) atoms. The first-order valence-electron chi connectivity index (χ1n) is 10.2. The molecule has 0 saturated heterocycles. The molecular weight excluding hydrogens is 410 g/mol. The van der Waals surface area contributed by atoms with Crippen molar-refractivity contribution in [1.82, 2.24) is 24.2 Å². The third-order valence-electron chi connectivity index (χ3n) is 4.95. The number of nitrogens with zero attached hydrogens (tertiary/aromatic N) is 4. The van der Waals surface area contributed by atoms with E-state index >= 15 is 0 Å². The van der Waals surface area contributed by atoms with Gasteiger partial charge in [-0.05, 0) is 54.3 Å². The monoisotopic (exact) mass is 435 g/mol. The maximum atomic E-state index is 12.8. The number of sulfonamides is 1. The number of aromatic nitrogens is 4. The standard InChI is InChI=1S/C23H25N5O2S/c1-17(2)16-18-5-7-20(8-6-18)31(29,30)26-14-15-28-22(19-9-12-24-13-10-19)27-21-4-3-11-25-23(21)28/h3-13,17,26H,14-16H2,1-2H3. The van der Waals surface area contributed by atoms with Crippen LogP contribution in [0.5, 0.6) is 0 Å². The van der Waals surface area contributed by atoms with Gasteiger partial charge in [-0.15, -0.1) is 0 Å². The molecule has 0 aliphatic carbocycles. The first-order valence-corrected chi connectivity index (χ1v) is 11.7. The summed E-state index contributed by atoms with van der Waals surface area (Å²) in [7, 11) is -3.60. The largest absolute Gasteiger partial charge is 0.307 e. The number of imidazole rings is 1. The van der Waals surface area contributed by atoms with E-state index in [9.17, 15) is 8.42 Å². The van der Waals surface area contributed by atoms with E-state index in [4.69, 9.17) is 0 Å². The molecule has 0 aliphatic heterocycles. The molecule has 0 fully saturated rings. The fourth-order valence-corrected chi connectivity index (χ4v) is 4.56. The van der Waals surface area contributed by atoms with Crippen LogP contribution in [-0.4, -0.2) is 34.5 Å². The Labute approximate surface area is 182 Å². The highest BCUT2D eigenvalue weighted by molar-refractivity contribution is 7.89. The first kappa shape index (κ1) is 21.1. The summed E-state index contributed by atoms with van der Waals surface area (Å²) in [6.07, 6.45) is 6.04. The van der Waals surface area contributed by atoms with Crippen LogP contribution in [0.2, 0.25) is 0 Å². The zero-order valence-electron chi connectivity index (χ0n) is 17.6. The number of rotatable bonds is 8. The van der Waals surface area contributed by atoms with Gasteiger partial charge < -0.3 is 4.57 Å². The van der Waals surface area contributed by atoms with Crippen LogP contribution in [0.4, 0.5) is 0 Å². The normalized spacial score (nSPS) is 12.0. The van der Waals surface area contributed by atoms with E-state index in [2.05, 4.69) is 33.5 Å². The molecular formula is C23H25N5O2S. The van der Waals surface area contributed by atoms with Crippen LogP contribution >= 0.6 is 0 Å². The van der Waals surface area contributed by atoms with Crippen LogP contribution in [0.1, 0.15) is 19.4 Å². The van der Waals surface area contributed by atoms with Crippen molar-refractivity contribution in [2.45, 2.75) is 31.7 Å². The number of hydrogen-bond acceptors (Lipinski definition) is 5. The van der Waals surface area contributed by atoms with Crippen LogP contribution in [0, 0.1) is 5.92 Å². The van der Waals surface area contributed by atoms with Crippen molar-refractivity contribution >= 4 is 21.2 Å². The summed E-state index contributed by atoms with van der Waals surface area (Å²) in [5.41, 5.74) is 3.51. The maximum absolute atomic E-state index is 12.8. The molecule has 0 radical (unpaired) electrons. The number of hydrogen-bond donors (Lipinski definition) is 1. The van der Waals surface area contributed by atoms with Gasteiger partial charge in [-0.2, -0.15) is 0 Å². The molecule has 1 aromatic carbocycles. The van der Waals surface area contributed by atoms with Gasteiger partial charge in [-0.1, -0.05) is 26.0 Å². The van der Waals surface area contributed by atoms with Crippen molar-refractivity contribution in [2.24, 2.45) is 5.92 Å². The maximum Gasteiger partial charge on any atom is 0.240 e. The molecule has 1 N–H and O–H groups in total. The van der Waals surface area contributed by atoms with Crippen LogP contribution in [0.15, 0.2) is 72.0 Å². The van der Waals surface area contributed by atoms with Crippen molar-refractivity contribution in [3.05, 3.63) is 72.7 Å². The van der Waals surface area contributed by atoms with Crippen LogP contribution in [0.25, 0.3) is 22.6 Å². The predicted octanol–water partition coefficient (Wildman–Crippen LogP) is 3.67. The fraction of sp³-hybridized carbons (Fsp3) is 0.261. The van der Waals surface area contributed by atoms with E-state index in [-0.39, 0.29) is 11.4 Å². The molecule has 4 aromatic rings. The Hall–Kier alpha value is -3.10. The van der Waals surface area contributed by atoms with Crippen LogP contribution < -0.4 is 4.72 Å². The van der Waals surface area contributed by atoms with Crippen molar-refractivity contribution in [3.63, 3.8) is 0 Å². The number of fused-ring (bicyclic) bond motifs is 1. The Morgan fingerprint density at radius 3 is 2.45 bits per heavy atom. The molecule has 0 aliphatic rings. The number of benzene rings is 1. The lowest BCUT2D eigenvalue weighted by Gasteiger charge is -2.11. The summed E-state index contributed by atoms with van der Waals surface area (Å²) in [4.78, 5) is 13.5. The predicted molar refractivity (Wildman–Crippen MR) is 121 cm³/mol. The van der Waals surface area contributed by atoms with E-state index in [0.717, 1.165) is 28.9 Å². The van der Waals surface area contributed by atoms with Gasteiger partial charge in [-0.25, -0.2) is 23.1 Å². The highest BCUT2D eigenvalue weighted by Gasteiger charge is 2.16. The lowest BCUT2D eigenvalue weighted by atomic mass is 10.0. The average molecular weight is 436 g/mol. The molecule has 3 aromatic heterocycles. The van der Waals surface area contributed by atoms with E-state index < -0.39 is 10.0 Å². The molecule has 0 amide bonds. The summed E-state index contributed by atoms with van der Waals surface area (Å²) >= 11 is 0. The van der Waals surface area contributed by atoms with E-state index in [0.29, 0.717) is 18.1 Å². The third-order valence-corrected chi connectivity index (χ3v) is 6.42. The summed E-state index contributed by atoms with van der Waals surface area (Å²) in [5, 5.41) is 0. The number of pyridine rings is 2. The topological polar surface area (TPSA) is 89.8 Å². The highest BCUT2D eigenvalue weighted by Crippen LogP contribution is 2.23. The second-order valence-electron chi connectivity index (χ2n) is 7.81. The van der Waals surface area contributed by atoms with Gasteiger partial charge in [0.05, 0.1) is 4.90 Å². The third kappa shape index (κ3) is 4.81. The van der Waals surface area contributed by atoms with Gasteiger partial charge in [-0.3, -0.25) is 4.98 Å². The van der Waals surface area contributed by atoms with Crippen molar-refractivity contribution in [3.8, 4) is 11.4 Å². The molecule has 0 unspecified atom stereocenters. The Morgan fingerprint density at radius 2 is 1.74 bits per heavy atom. The molecule has 0 saturated carbocycles. The molecule has 0 atom stereocenters. The van der Waals surface area contributed by atoms with Crippen LogP contribution in [-0.2, 0) is 23.0 Å². The van der Waals surface area contributed by atoms with Gasteiger partial charge >= 0.3 is 0 Å². The van der Waals surface area contributed by atoms with E-state index in [1.165, 1.54) is 0 Å². The first-order chi connectivity index (χ1) is 14.9. The van der Waals surface area contributed by atoms with Crippen LogP contribution in [0.3, 0.4) is 0 Å². The molecule has 3 heterocycles. The minimum absolute atomic E-state index is 0.218. The minimum Gasteiger partial charge on any atom is -0.307 e. The van der Waals surface area contributed by atoms with Gasteiger partial charge in [0.2, 0.25) is 10.0 Å². The second kappa shape index (κ2) is 8.95. The minimum atomic E-state index is -3.60. The molecule has 4 rings (SSSR count). The lowest BCUT2D eigenvalue weighted by molar-refractivity contribution is 0.574. The summed E-state index contributed by atoms with van der Waals surface area (Å²) < 4.78 is 30.1. The smallest absolute Gasteiger partial charge is 0.240 e. The van der Waals surface area contributed by atoms with Gasteiger partial charge in [0.1, 0.15) is 11.3 Å². The van der Waals surface area contributed by atoms with Gasteiger partial charge in [0, 0.05) is 37.2 Å². The fourth-order valence-electron chi connectivity index (χ4n) is 3.54. The van der Waals surface area contributed by atoms with Crippen molar-refractivity contribution in [1.29, 1.82) is 0 Å². The van der Waals surface area contributed by atoms with Gasteiger partial charge in [0.25, 0.3) is 0 Å². The summed E-state index contributed by atoms with van der Waals surface area (Å²) in [6, 6.07) is 14.6. The van der Waals surface area contributed by atoms with E-state index in [1.54, 1.807) is 30.7 Å². The Kier molecular flexibility index (Phi) is 6.11. The molecule has 0 spiro atoms. The average Bonchev–Trinajstić information content (AvgIpc) is 3.13. The Morgan fingerprint density at radius 1 is 1.00 bits per heavy atom. The molecule has 7 nitrogen and oxygen atoms in total. The summed E-state index contributed by atoms with van der Waals surface area (Å²) in [6.45, 7) is 4.90. The number of nitrogens with one attached hydrogen (secondary N) is 1. The Bertz CT molecular complexity index is 1270. The highest BCUT2D eigenvalue weighted by atomic mass is 32.2. The van der Waals surface area contributed by atoms with Crippen molar-refractivity contribution < 1.29 is 8.42 Å². The zero-order valence-corrected chi connectivity index (χ0v) is 18.4. The second-order valence-corrected chi connectivity index (χ2v) is 9.58. The van der Waals surface area contributed by atoms with Gasteiger partial charge in [0.15, 0.2) is 5.65 Å². The zero-order chi connectivity index (χ0) is 21.8. The lowest BCUT2D eigenvalue weighted by Crippen LogP contribution is -2.27. The SMILES string of the molecule is CC(C)Cc1ccc(S(=O)(=O)NCCn2c(-c3ccncc3)nc3cccnc32)cc1. The van der Waals surface area contributed by atoms with E-state index in [1.807, 2.05) is 41.0 Å². The molecule has 160 valence electrons. The molecule has 0 bridgehead atoms. The van der Waals surface area contributed by atoms with Crippen molar-refractivity contribution in [2.75, 3.05) is 6.54 Å². The molecule has 8 heteroatoms. The summed E-state index contributed by atoms with van der Waals surface area (Å²) in [5.74, 6) is 1.25.